The van der Waals surface area contributed by atoms with Crippen LogP contribution in [0.15, 0.2) is 24.3 Å². The number of terminal acetylenes is 1. The average molecular weight is 256 g/mol. The van der Waals surface area contributed by atoms with E-state index >= 15 is 0 Å². The number of benzene rings is 1. The third-order valence-electron chi connectivity index (χ3n) is 3.41. The number of hydrogen-bond donors (Lipinski definition) is 0. The van der Waals surface area contributed by atoms with Crippen molar-refractivity contribution in [1.82, 2.24) is 0 Å². The zero-order valence-electron chi connectivity index (χ0n) is 13.0. The summed E-state index contributed by atoms with van der Waals surface area (Å²) in [7, 11) is 0. The predicted molar refractivity (Wildman–Crippen MR) is 85.3 cm³/mol. The van der Waals surface area contributed by atoms with Crippen LogP contribution in [0.2, 0.25) is 0 Å². The molecule has 104 valence electrons. The Morgan fingerprint density at radius 1 is 1.11 bits per heavy atom. The fourth-order valence-electron chi connectivity index (χ4n) is 2.42. The van der Waals surface area contributed by atoms with Crippen LogP contribution in [0.3, 0.4) is 0 Å². The SMILES string of the molecule is C#CC(CCCCC)c1ccc(CC(C)(C)C)cc1. The molecule has 1 rings (SSSR count). The van der Waals surface area contributed by atoms with Crippen LogP contribution in [0, 0.1) is 17.8 Å². The van der Waals surface area contributed by atoms with Crippen LogP contribution in [0.1, 0.15) is 70.4 Å². The zero-order chi connectivity index (χ0) is 14.3. The van der Waals surface area contributed by atoms with Gasteiger partial charge in [0.2, 0.25) is 0 Å². The summed E-state index contributed by atoms with van der Waals surface area (Å²) >= 11 is 0. The van der Waals surface area contributed by atoms with Crippen LogP contribution in [0.25, 0.3) is 0 Å². The third-order valence-corrected chi connectivity index (χ3v) is 3.41. The molecule has 0 heteroatoms. The van der Waals surface area contributed by atoms with Gasteiger partial charge < -0.3 is 0 Å². The molecule has 1 atom stereocenters. The molecule has 0 bridgehead atoms. The van der Waals surface area contributed by atoms with Gasteiger partial charge in [-0.1, -0.05) is 77.1 Å². The van der Waals surface area contributed by atoms with Gasteiger partial charge in [0.05, 0.1) is 0 Å². The summed E-state index contributed by atoms with van der Waals surface area (Å²) in [5, 5.41) is 0. The lowest BCUT2D eigenvalue weighted by Crippen LogP contribution is -2.09. The highest BCUT2D eigenvalue weighted by Crippen LogP contribution is 2.25. The van der Waals surface area contributed by atoms with E-state index < -0.39 is 0 Å². The van der Waals surface area contributed by atoms with Crippen LogP contribution in [-0.2, 0) is 6.42 Å². The normalized spacial score (nSPS) is 13.0. The molecule has 1 unspecified atom stereocenters. The minimum Gasteiger partial charge on any atom is -0.119 e. The number of rotatable bonds is 6. The molecule has 0 radical (unpaired) electrons. The minimum absolute atomic E-state index is 0.287. The standard InChI is InChI=1S/C19H28/c1-6-8-9-10-17(7-2)18-13-11-16(12-14-18)15-19(3,4)5/h2,11-14,17H,6,8-10,15H2,1,3-5H3. The Bertz CT molecular complexity index is 397. The summed E-state index contributed by atoms with van der Waals surface area (Å²) < 4.78 is 0. The topological polar surface area (TPSA) is 0 Å². The molecule has 0 fully saturated rings. The number of unbranched alkanes of at least 4 members (excludes halogenated alkanes) is 2. The van der Waals surface area contributed by atoms with Crippen LogP contribution < -0.4 is 0 Å². The molecular weight excluding hydrogens is 228 g/mol. The molecular formula is C19H28. The van der Waals surface area contributed by atoms with Crippen molar-refractivity contribution in [2.75, 3.05) is 0 Å². The molecule has 0 amide bonds. The second kappa shape index (κ2) is 7.39. The maximum atomic E-state index is 5.68. The largest absolute Gasteiger partial charge is 0.119 e. The fraction of sp³-hybridized carbons (Fsp3) is 0.579. The number of hydrogen-bond acceptors (Lipinski definition) is 0. The lowest BCUT2D eigenvalue weighted by molar-refractivity contribution is 0.411. The summed E-state index contributed by atoms with van der Waals surface area (Å²) in [5.74, 6) is 3.23. The highest BCUT2D eigenvalue weighted by molar-refractivity contribution is 5.30. The average Bonchev–Trinajstić information content (AvgIpc) is 2.34. The van der Waals surface area contributed by atoms with Crippen molar-refractivity contribution in [3.63, 3.8) is 0 Å². The summed E-state index contributed by atoms with van der Waals surface area (Å²) in [6, 6.07) is 8.92. The molecule has 0 aliphatic carbocycles. The maximum Gasteiger partial charge on any atom is 0.0449 e. The third kappa shape index (κ3) is 5.97. The van der Waals surface area contributed by atoms with Gasteiger partial charge in [0, 0.05) is 5.92 Å². The Labute approximate surface area is 119 Å². The molecule has 0 aliphatic heterocycles. The molecule has 1 aromatic carbocycles. The molecule has 0 aliphatic rings. The van der Waals surface area contributed by atoms with Crippen LogP contribution in [-0.4, -0.2) is 0 Å². The van der Waals surface area contributed by atoms with E-state index in [9.17, 15) is 0 Å². The summed E-state index contributed by atoms with van der Waals surface area (Å²) in [4.78, 5) is 0. The fourth-order valence-corrected chi connectivity index (χ4v) is 2.42. The second-order valence-corrected chi connectivity index (χ2v) is 6.69. The van der Waals surface area contributed by atoms with E-state index in [-0.39, 0.29) is 5.92 Å². The van der Waals surface area contributed by atoms with E-state index in [1.807, 2.05) is 0 Å². The Kier molecular flexibility index (Phi) is 6.16. The lowest BCUT2D eigenvalue weighted by atomic mass is 9.87. The highest BCUT2D eigenvalue weighted by Gasteiger charge is 2.12. The smallest absolute Gasteiger partial charge is 0.0449 e. The Morgan fingerprint density at radius 2 is 1.74 bits per heavy atom. The van der Waals surface area contributed by atoms with Crippen LogP contribution >= 0.6 is 0 Å². The lowest BCUT2D eigenvalue weighted by Gasteiger charge is -2.18. The van der Waals surface area contributed by atoms with Gasteiger partial charge in [-0.2, -0.15) is 0 Å². The van der Waals surface area contributed by atoms with Gasteiger partial charge in [-0.05, 0) is 29.4 Å². The van der Waals surface area contributed by atoms with E-state index in [4.69, 9.17) is 6.42 Å². The van der Waals surface area contributed by atoms with Gasteiger partial charge in [0.1, 0.15) is 0 Å². The van der Waals surface area contributed by atoms with Crippen molar-refractivity contribution in [1.29, 1.82) is 0 Å². The molecule has 0 saturated heterocycles. The quantitative estimate of drug-likeness (QED) is 0.461. The van der Waals surface area contributed by atoms with E-state index in [1.165, 1.54) is 30.4 Å². The van der Waals surface area contributed by atoms with Gasteiger partial charge in [-0.25, -0.2) is 0 Å². The van der Waals surface area contributed by atoms with Gasteiger partial charge in [-0.15, -0.1) is 6.42 Å². The van der Waals surface area contributed by atoms with Crippen LogP contribution in [0.5, 0.6) is 0 Å². The van der Waals surface area contributed by atoms with E-state index in [0.29, 0.717) is 5.41 Å². The van der Waals surface area contributed by atoms with Crippen molar-refractivity contribution in [2.45, 2.75) is 65.7 Å². The summed E-state index contributed by atoms with van der Waals surface area (Å²) in [6.45, 7) is 9.05. The van der Waals surface area contributed by atoms with Crippen molar-refractivity contribution in [2.24, 2.45) is 5.41 Å². The Hall–Kier alpha value is -1.22. The summed E-state index contributed by atoms with van der Waals surface area (Å²) in [5.41, 5.74) is 3.05. The van der Waals surface area contributed by atoms with Gasteiger partial charge in [-0.3, -0.25) is 0 Å². The molecule has 0 nitrogen and oxygen atoms in total. The molecule has 0 heterocycles. The second-order valence-electron chi connectivity index (χ2n) is 6.69. The van der Waals surface area contributed by atoms with Crippen LogP contribution in [0.4, 0.5) is 0 Å². The first-order valence-electron chi connectivity index (χ1n) is 7.51. The van der Waals surface area contributed by atoms with Crippen molar-refractivity contribution in [3.8, 4) is 12.3 Å². The van der Waals surface area contributed by atoms with E-state index in [0.717, 1.165) is 12.8 Å². The molecule has 0 spiro atoms. The molecule has 19 heavy (non-hydrogen) atoms. The minimum atomic E-state index is 0.287. The molecule has 0 saturated carbocycles. The highest BCUT2D eigenvalue weighted by atomic mass is 14.2. The zero-order valence-corrected chi connectivity index (χ0v) is 13.0. The predicted octanol–water partition coefficient (Wildman–Crippen LogP) is 5.57. The first-order chi connectivity index (χ1) is 8.96. The van der Waals surface area contributed by atoms with Gasteiger partial charge in [0.25, 0.3) is 0 Å². The maximum absolute atomic E-state index is 5.68. The van der Waals surface area contributed by atoms with E-state index in [1.54, 1.807) is 0 Å². The Morgan fingerprint density at radius 3 is 2.21 bits per heavy atom. The first kappa shape index (κ1) is 15.8. The molecule has 0 N–H and O–H groups in total. The summed E-state index contributed by atoms with van der Waals surface area (Å²) in [6.07, 6.45) is 11.7. The van der Waals surface area contributed by atoms with Gasteiger partial charge >= 0.3 is 0 Å². The first-order valence-corrected chi connectivity index (χ1v) is 7.51. The van der Waals surface area contributed by atoms with Gasteiger partial charge in [0.15, 0.2) is 0 Å². The van der Waals surface area contributed by atoms with E-state index in [2.05, 4.69) is 57.9 Å². The van der Waals surface area contributed by atoms with Crippen molar-refractivity contribution >= 4 is 0 Å². The molecule has 1 aromatic rings. The van der Waals surface area contributed by atoms with Crippen molar-refractivity contribution < 1.29 is 0 Å². The molecule has 0 aromatic heterocycles. The Balaban J connectivity index is 2.66. The monoisotopic (exact) mass is 256 g/mol. The van der Waals surface area contributed by atoms with Crippen molar-refractivity contribution in [3.05, 3.63) is 35.4 Å².